The molecule has 3 rings (SSSR count). The van der Waals surface area contributed by atoms with Crippen LogP contribution in [0.3, 0.4) is 0 Å². The predicted octanol–water partition coefficient (Wildman–Crippen LogP) is 1.79. The third-order valence-electron chi connectivity index (χ3n) is 4.60. The van der Waals surface area contributed by atoms with Crippen molar-refractivity contribution in [1.82, 2.24) is 19.8 Å². The average Bonchev–Trinajstić information content (AvgIpc) is 2.97. The van der Waals surface area contributed by atoms with Gasteiger partial charge in [0, 0.05) is 32.1 Å². The van der Waals surface area contributed by atoms with Gasteiger partial charge in [-0.25, -0.2) is 4.98 Å². The quantitative estimate of drug-likeness (QED) is 0.851. The van der Waals surface area contributed by atoms with Gasteiger partial charge < -0.3 is 14.8 Å². The molecule has 3 heterocycles. The zero-order valence-corrected chi connectivity index (χ0v) is 14.2. The molecule has 2 aliphatic rings. The molecule has 1 aromatic rings. The third kappa shape index (κ3) is 3.35. The molecule has 1 unspecified atom stereocenters. The maximum atomic E-state index is 12.7. The Balaban J connectivity index is 0.00000110. The highest BCUT2D eigenvalue weighted by Gasteiger charge is 2.40. The van der Waals surface area contributed by atoms with Crippen LogP contribution in [0, 0.1) is 12.3 Å². The number of imidazole rings is 1. The molecular formula is C14H24Cl2N4O. The highest BCUT2D eigenvalue weighted by atomic mass is 35.5. The van der Waals surface area contributed by atoms with Gasteiger partial charge in [0.05, 0.1) is 12.0 Å². The van der Waals surface area contributed by atoms with Gasteiger partial charge in [-0.2, -0.15) is 0 Å². The van der Waals surface area contributed by atoms with Crippen LogP contribution < -0.4 is 5.32 Å². The average molecular weight is 335 g/mol. The largest absolute Gasteiger partial charge is 0.337 e. The first-order chi connectivity index (χ1) is 9.11. The van der Waals surface area contributed by atoms with E-state index in [0.717, 1.165) is 44.0 Å². The summed E-state index contributed by atoms with van der Waals surface area (Å²) in [6, 6.07) is 0. The van der Waals surface area contributed by atoms with Crippen molar-refractivity contribution in [3.05, 3.63) is 17.7 Å². The van der Waals surface area contributed by atoms with Crippen molar-refractivity contribution < 1.29 is 4.79 Å². The number of rotatable bonds is 1. The van der Waals surface area contributed by atoms with E-state index in [-0.39, 0.29) is 30.7 Å². The van der Waals surface area contributed by atoms with Crippen LogP contribution in [0.15, 0.2) is 6.33 Å². The number of nitrogens with one attached hydrogen (secondary N) is 1. The molecular weight excluding hydrogens is 311 g/mol. The van der Waals surface area contributed by atoms with Crippen LogP contribution in [0.1, 0.15) is 35.4 Å². The van der Waals surface area contributed by atoms with Gasteiger partial charge in [-0.1, -0.05) is 0 Å². The first kappa shape index (κ1) is 18.3. The fourth-order valence-electron chi connectivity index (χ4n) is 3.53. The maximum Gasteiger partial charge on any atom is 0.272 e. The van der Waals surface area contributed by atoms with E-state index >= 15 is 0 Å². The van der Waals surface area contributed by atoms with Gasteiger partial charge in [0.1, 0.15) is 5.69 Å². The van der Waals surface area contributed by atoms with Crippen molar-refractivity contribution >= 4 is 30.7 Å². The number of carbonyl (C=O) groups excluding carboxylic acids is 1. The maximum absolute atomic E-state index is 12.7. The Bertz CT molecular complexity index is 478. The third-order valence-corrected chi connectivity index (χ3v) is 4.60. The number of amides is 1. The lowest BCUT2D eigenvalue weighted by Crippen LogP contribution is -2.47. The Morgan fingerprint density at radius 2 is 2.14 bits per heavy atom. The molecule has 120 valence electrons. The van der Waals surface area contributed by atoms with Gasteiger partial charge in [-0.3, -0.25) is 4.79 Å². The SMILES string of the molecule is Cc1ncn(C)c1C(=O)N1CCCC2(CCNC2)C1.Cl.Cl. The lowest BCUT2D eigenvalue weighted by Gasteiger charge is -2.40. The number of piperidine rings is 1. The fourth-order valence-corrected chi connectivity index (χ4v) is 3.53. The lowest BCUT2D eigenvalue weighted by atomic mass is 9.79. The van der Waals surface area contributed by atoms with Crippen LogP contribution in [0.2, 0.25) is 0 Å². The summed E-state index contributed by atoms with van der Waals surface area (Å²) in [5.74, 6) is 0.142. The molecule has 2 fully saturated rings. The molecule has 5 nitrogen and oxygen atoms in total. The minimum atomic E-state index is 0. The molecule has 0 saturated carbocycles. The fraction of sp³-hybridized carbons (Fsp3) is 0.714. The molecule has 1 aromatic heterocycles. The summed E-state index contributed by atoms with van der Waals surface area (Å²) < 4.78 is 1.84. The molecule has 2 saturated heterocycles. The Labute approximate surface area is 138 Å². The highest BCUT2D eigenvalue weighted by Crippen LogP contribution is 2.36. The van der Waals surface area contributed by atoms with Gasteiger partial charge in [-0.05, 0) is 32.7 Å². The summed E-state index contributed by atoms with van der Waals surface area (Å²) in [4.78, 5) is 18.9. The molecule has 7 heteroatoms. The number of likely N-dealkylation sites (tertiary alicyclic amines) is 1. The van der Waals surface area contributed by atoms with E-state index in [1.165, 1.54) is 12.8 Å². The second-order valence-electron chi connectivity index (χ2n) is 6.05. The normalized spacial score (nSPS) is 24.6. The first-order valence-electron chi connectivity index (χ1n) is 7.09. The van der Waals surface area contributed by atoms with Gasteiger partial charge >= 0.3 is 0 Å². The zero-order valence-electron chi connectivity index (χ0n) is 12.6. The van der Waals surface area contributed by atoms with Crippen LogP contribution in [0.4, 0.5) is 0 Å². The Kier molecular flexibility index (Phi) is 6.08. The van der Waals surface area contributed by atoms with Crippen molar-refractivity contribution in [2.24, 2.45) is 12.5 Å². The van der Waals surface area contributed by atoms with Gasteiger partial charge in [0.15, 0.2) is 0 Å². The number of aryl methyl sites for hydroxylation is 2. The van der Waals surface area contributed by atoms with E-state index in [4.69, 9.17) is 0 Å². The topological polar surface area (TPSA) is 50.2 Å². The summed E-state index contributed by atoms with van der Waals surface area (Å²) in [7, 11) is 1.89. The van der Waals surface area contributed by atoms with Crippen LogP contribution >= 0.6 is 24.8 Å². The van der Waals surface area contributed by atoms with Crippen LogP contribution in [-0.4, -0.2) is 46.5 Å². The van der Waals surface area contributed by atoms with E-state index in [1.807, 2.05) is 23.4 Å². The molecule has 0 aliphatic carbocycles. The second-order valence-corrected chi connectivity index (χ2v) is 6.05. The number of nitrogens with zero attached hydrogens (tertiary/aromatic N) is 3. The number of hydrogen-bond donors (Lipinski definition) is 1. The molecule has 21 heavy (non-hydrogen) atoms. The van der Waals surface area contributed by atoms with Crippen molar-refractivity contribution in [2.75, 3.05) is 26.2 Å². The molecule has 1 spiro atoms. The smallest absolute Gasteiger partial charge is 0.272 e. The minimum Gasteiger partial charge on any atom is -0.337 e. The molecule has 1 amide bonds. The van der Waals surface area contributed by atoms with E-state index in [2.05, 4.69) is 10.3 Å². The summed E-state index contributed by atoms with van der Waals surface area (Å²) >= 11 is 0. The van der Waals surface area contributed by atoms with E-state index in [1.54, 1.807) is 6.33 Å². The Morgan fingerprint density at radius 1 is 1.38 bits per heavy atom. The van der Waals surface area contributed by atoms with Crippen LogP contribution in [0.25, 0.3) is 0 Å². The Morgan fingerprint density at radius 3 is 2.71 bits per heavy atom. The van der Waals surface area contributed by atoms with Crippen molar-refractivity contribution in [2.45, 2.75) is 26.2 Å². The summed E-state index contributed by atoms with van der Waals surface area (Å²) in [5, 5.41) is 3.44. The second kappa shape index (κ2) is 6.99. The van der Waals surface area contributed by atoms with E-state index in [9.17, 15) is 4.79 Å². The van der Waals surface area contributed by atoms with Crippen molar-refractivity contribution in [3.63, 3.8) is 0 Å². The molecule has 0 radical (unpaired) electrons. The summed E-state index contributed by atoms with van der Waals surface area (Å²) in [5.41, 5.74) is 1.89. The number of hydrogen-bond acceptors (Lipinski definition) is 3. The van der Waals surface area contributed by atoms with Gasteiger partial charge in [0.25, 0.3) is 5.91 Å². The zero-order chi connectivity index (χ0) is 13.5. The highest BCUT2D eigenvalue weighted by molar-refractivity contribution is 5.93. The molecule has 0 bridgehead atoms. The summed E-state index contributed by atoms with van der Waals surface area (Å²) in [6.45, 7) is 5.83. The lowest BCUT2D eigenvalue weighted by molar-refractivity contribution is 0.0543. The van der Waals surface area contributed by atoms with Crippen molar-refractivity contribution in [3.8, 4) is 0 Å². The first-order valence-corrected chi connectivity index (χ1v) is 7.09. The van der Waals surface area contributed by atoms with Gasteiger partial charge in [-0.15, -0.1) is 24.8 Å². The van der Waals surface area contributed by atoms with Crippen molar-refractivity contribution in [1.29, 1.82) is 0 Å². The number of aromatic nitrogens is 2. The van der Waals surface area contributed by atoms with Crippen LogP contribution in [0.5, 0.6) is 0 Å². The molecule has 1 atom stereocenters. The number of carbonyl (C=O) groups is 1. The molecule has 0 aromatic carbocycles. The molecule has 1 N–H and O–H groups in total. The van der Waals surface area contributed by atoms with Gasteiger partial charge in [0.2, 0.25) is 0 Å². The monoisotopic (exact) mass is 334 g/mol. The predicted molar refractivity (Wildman–Crippen MR) is 87.5 cm³/mol. The molecule has 2 aliphatic heterocycles. The summed E-state index contributed by atoms with van der Waals surface area (Å²) in [6.07, 6.45) is 5.28. The number of halogens is 2. The Hall–Kier alpha value is -0.780. The van der Waals surface area contributed by atoms with E-state index in [0.29, 0.717) is 5.41 Å². The van der Waals surface area contributed by atoms with Crippen LogP contribution in [-0.2, 0) is 7.05 Å². The minimum absolute atomic E-state index is 0. The standard InChI is InChI=1S/C14H22N4O.2ClH/c1-11-12(17(2)10-16-11)13(19)18-7-3-4-14(9-18)5-6-15-8-14;;/h10,15H,3-9H2,1-2H3;2*1H. The van der Waals surface area contributed by atoms with E-state index < -0.39 is 0 Å².